The number of rotatable bonds is 7. The van der Waals surface area contributed by atoms with Crippen LogP contribution in [0.25, 0.3) is 11.5 Å². The lowest BCUT2D eigenvalue weighted by molar-refractivity contribution is -0.128. The number of nitrogens with zero attached hydrogens (tertiary/aromatic N) is 5. The molecule has 3 aliphatic rings. The van der Waals surface area contributed by atoms with E-state index in [1.807, 2.05) is 0 Å². The van der Waals surface area contributed by atoms with E-state index >= 15 is 0 Å². The standard InChI is InChI=1S/C27H39N5O2S/c1-6-10-20(31(3)4)17(2)32-16-13-19-25(32)28-24(29-26(19)35-5)22-18-11-9-15-27(23(18)34-30-22)14-8-7-12-21(27)33/h17,20H,6-16H2,1-5H3/t17?,20-,27+/m0/s1. The molecule has 2 aromatic heterocycles. The van der Waals surface area contributed by atoms with Crippen LogP contribution in [0.2, 0.25) is 0 Å². The molecule has 0 bridgehead atoms. The molecular weight excluding hydrogens is 458 g/mol. The highest BCUT2D eigenvalue weighted by atomic mass is 32.2. The van der Waals surface area contributed by atoms with Crippen LogP contribution >= 0.6 is 11.8 Å². The quantitative estimate of drug-likeness (QED) is 0.388. The minimum Gasteiger partial charge on any atom is -0.359 e. The normalized spacial score (nSPS) is 23.6. The second-order valence-electron chi connectivity index (χ2n) is 10.8. The number of ketones is 1. The van der Waals surface area contributed by atoms with Crippen LogP contribution in [0, 0.1) is 0 Å². The van der Waals surface area contributed by atoms with E-state index in [9.17, 15) is 4.79 Å². The first-order chi connectivity index (χ1) is 16.9. The summed E-state index contributed by atoms with van der Waals surface area (Å²) in [5.41, 5.74) is 2.58. The molecule has 0 N–H and O–H groups in total. The summed E-state index contributed by atoms with van der Waals surface area (Å²) >= 11 is 1.68. The van der Waals surface area contributed by atoms with Crippen LogP contribution < -0.4 is 4.90 Å². The first kappa shape index (κ1) is 24.8. The number of hydrogen-bond acceptors (Lipinski definition) is 8. The number of hydrogen-bond donors (Lipinski definition) is 0. The van der Waals surface area contributed by atoms with E-state index in [4.69, 9.17) is 14.5 Å². The number of carbonyl (C=O) groups excluding carboxylic acids is 1. The predicted octanol–water partition coefficient (Wildman–Crippen LogP) is 5.05. The van der Waals surface area contributed by atoms with Gasteiger partial charge in [0.1, 0.15) is 16.6 Å². The molecule has 0 radical (unpaired) electrons. The van der Waals surface area contributed by atoms with Gasteiger partial charge in [-0.05, 0) is 72.2 Å². The van der Waals surface area contributed by atoms with Crippen LogP contribution in [-0.4, -0.2) is 64.8 Å². The fraction of sp³-hybridized carbons (Fsp3) is 0.704. The Balaban J connectivity index is 1.56. The van der Waals surface area contributed by atoms with Crippen molar-refractivity contribution in [2.24, 2.45) is 0 Å². The molecule has 7 nitrogen and oxygen atoms in total. The van der Waals surface area contributed by atoms with Crippen LogP contribution in [0.5, 0.6) is 0 Å². The van der Waals surface area contributed by atoms with Crippen molar-refractivity contribution in [1.82, 2.24) is 20.0 Å². The monoisotopic (exact) mass is 497 g/mol. The van der Waals surface area contributed by atoms with Gasteiger partial charge in [-0.25, -0.2) is 9.97 Å². The van der Waals surface area contributed by atoms with Crippen LogP contribution in [-0.2, 0) is 23.1 Å². The molecule has 5 rings (SSSR count). The maximum absolute atomic E-state index is 13.1. The Kier molecular flexibility index (Phi) is 6.96. The van der Waals surface area contributed by atoms with Crippen LogP contribution in [0.1, 0.15) is 82.1 Å². The molecule has 1 spiro atoms. The van der Waals surface area contributed by atoms with Gasteiger partial charge in [0.15, 0.2) is 17.3 Å². The molecule has 0 aromatic carbocycles. The molecule has 190 valence electrons. The minimum atomic E-state index is -0.476. The van der Waals surface area contributed by atoms with Gasteiger partial charge in [0.05, 0.1) is 5.41 Å². The van der Waals surface area contributed by atoms with Gasteiger partial charge in [0, 0.05) is 36.2 Å². The summed E-state index contributed by atoms with van der Waals surface area (Å²) in [6, 6.07) is 0.803. The third-order valence-electron chi connectivity index (χ3n) is 8.57. The highest BCUT2D eigenvalue weighted by molar-refractivity contribution is 7.98. The SMILES string of the molecule is CCC[C@@H](C(C)N1CCc2c(SC)nc(-c3noc4c3CCC[C@@]43CCCCC3=O)nc21)N(C)C. The zero-order valence-electron chi connectivity index (χ0n) is 21.9. The van der Waals surface area contributed by atoms with Gasteiger partial charge < -0.3 is 14.3 Å². The van der Waals surface area contributed by atoms with Crippen molar-refractivity contribution < 1.29 is 9.32 Å². The van der Waals surface area contributed by atoms with Crippen molar-refractivity contribution >= 4 is 23.4 Å². The Morgan fingerprint density at radius 3 is 2.63 bits per heavy atom. The Morgan fingerprint density at radius 2 is 1.91 bits per heavy atom. The number of likely N-dealkylation sites (N-methyl/N-ethyl adjacent to an activating group) is 1. The molecule has 3 heterocycles. The largest absolute Gasteiger partial charge is 0.359 e. The first-order valence-electron chi connectivity index (χ1n) is 13.3. The average Bonchev–Trinajstić information content (AvgIpc) is 3.48. The predicted molar refractivity (Wildman–Crippen MR) is 140 cm³/mol. The smallest absolute Gasteiger partial charge is 0.185 e. The second kappa shape index (κ2) is 9.85. The molecular formula is C27H39N5O2S. The summed E-state index contributed by atoms with van der Waals surface area (Å²) in [6.07, 6.45) is 11.7. The van der Waals surface area contributed by atoms with E-state index in [0.717, 1.165) is 92.2 Å². The summed E-state index contributed by atoms with van der Waals surface area (Å²) in [6.45, 7) is 5.54. The molecule has 0 saturated heterocycles. The van der Waals surface area contributed by atoms with E-state index in [-0.39, 0.29) is 0 Å². The van der Waals surface area contributed by atoms with E-state index in [0.29, 0.717) is 30.1 Å². The summed E-state index contributed by atoms with van der Waals surface area (Å²) in [4.78, 5) is 28.0. The Morgan fingerprint density at radius 1 is 1.11 bits per heavy atom. The average molecular weight is 498 g/mol. The van der Waals surface area contributed by atoms with Crippen molar-refractivity contribution in [2.45, 2.75) is 101 Å². The molecule has 2 aliphatic carbocycles. The third kappa shape index (κ3) is 4.10. The molecule has 3 atom stereocenters. The fourth-order valence-electron chi connectivity index (χ4n) is 6.72. The van der Waals surface area contributed by atoms with Crippen molar-refractivity contribution in [3.05, 3.63) is 16.9 Å². The molecule has 8 heteroatoms. The number of aromatic nitrogens is 3. The summed E-state index contributed by atoms with van der Waals surface area (Å²) in [5, 5.41) is 5.56. The Hall–Kier alpha value is -1.93. The molecule has 35 heavy (non-hydrogen) atoms. The number of anilines is 1. The van der Waals surface area contributed by atoms with Gasteiger partial charge in [-0.2, -0.15) is 0 Å². The van der Waals surface area contributed by atoms with Crippen molar-refractivity contribution in [3.63, 3.8) is 0 Å². The highest BCUT2D eigenvalue weighted by Crippen LogP contribution is 2.48. The van der Waals surface area contributed by atoms with Crippen molar-refractivity contribution in [3.8, 4) is 11.5 Å². The topological polar surface area (TPSA) is 75.4 Å². The lowest BCUT2D eigenvalue weighted by Crippen LogP contribution is -2.47. The van der Waals surface area contributed by atoms with Gasteiger partial charge in [0.25, 0.3) is 0 Å². The van der Waals surface area contributed by atoms with Crippen LogP contribution in [0.15, 0.2) is 9.55 Å². The van der Waals surface area contributed by atoms with E-state index < -0.39 is 5.41 Å². The lowest BCUT2D eigenvalue weighted by atomic mass is 9.64. The van der Waals surface area contributed by atoms with E-state index in [1.165, 1.54) is 5.56 Å². The third-order valence-corrected chi connectivity index (χ3v) is 9.29. The molecule has 2 aromatic rings. The molecule has 0 amide bonds. The number of carbonyl (C=O) groups is 1. The molecule has 1 unspecified atom stereocenters. The zero-order valence-corrected chi connectivity index (χ0v) is 22.7. The van der Waals surface area contributed by atoms with Crippen LogP contribution in [0.3, 0.4) is 0 Å². The number of fused-ring (bicyclic) bond motifs is 3. The summed E-state index contributed by atoms with van der Waals surface area (Å²) < 4.78 is 6.00. The maximum atomic E-state index is 13.1. The van der Waals surface area contributed by atoms with Gasteiger partial charge in [-0.3, -0.25) is 4.79 Å². The first-order valence-corrected chi connectivity index (χ1v) is 14.5. The van der Waals surface area contributed by atoms with E-state index in [1.54, 1.807) is 11.8 Å². The van der Waals surface area contributed by atoms with Gasteiger partial charge in [-0.15, -0.1) is 11.8 Å². The maximum Gasteiger partial charge on any atom is 0.185 e. The van der Waals surface area contributed by atoms with Gasteiger partial charge in [-0.1, -0.05) is 24.9 Å². The Bertz CT molecular complexity index is 1100. The van der Waals surface area contributed by atoms with Crippen molar-refractivity contribution in [2.75, 3.05) is 31.8 Å². The zero-order chi connectivity index (χ0) is 24.7. The van der Waals surface area contributed by atoms with Gasteiger partial charge in [0.2, 0.25) is 0 Å². The van der Waals surface area contributed by atoms with Crippen molar-refractivity contribution in [1.29, 1.82) is 0 Å². The summed E-state index contributed by atoms with van der Waals surface area (Å²) in [7, 11) is 4.35. The van der Waals surface area contributed by atoms with Gasteiger partial charge >= 0.3 is 0 Å². The molecule has 1 saturated carbocycles. The fourth-order valence-corrected chi connectivity index (χ4v) is 7.34. The second-order valence-corrected chi connectivity index (χ2v) is 11.6. The van der Waals surface area contributed by atoms with Crippen LogP contribution in [0.4, 0.5) is 5.82 Å². The molecule has 1 aliphatic heterocycles. The highest BCUT2D eigenvalue weighted by Gasteiger charge is 2.48. The lowest BCUT2D eigenvalue weighted by Gasteiger charge is -2.37. The minimum absolute atomic E-state index is 0.331. The van der Waals surface area contributed by atoms with E-state index in [2.05, 4.69) is 49.2 Å². The summed E-state index contributed by atoms with van der Waals surface area (Å²) in [5.74, 6) is 2.83. The molecule has 1 fully saturated rings. The Labute approximate surface area is 213 Å². The number of Topliss-reactive ketones (excluding diaryl/α,β-unsaturated/α-hetero) is 1. The number of thioether (sulfide) groups is 1.